The van der Waals surface area contributed by atoms with Crippen molar-refractivity contribution in [1.82, 2.24) is 19.9 Å². The highest BCUT2D eigenvalue weighted by Gasteiger charge is 2.21. The van der Waals surface area contributed by atoms with Crippen molar-refractivity contribution in [2.45, 2.75) is 77.3 Å². The highest BCUT2D eigenvalue weighted by atomic mass is 35.5. The number of aromatic nitrogens is 4. The fourth-order valence-electron chi connectivity index (χ4n) is 6.21. The monoisotopic (exact) mass is 660 g/mol. The summed E-state index contributed by atoms with van der Waals surface area (Å²) in [6.07, 6.45) is 11.7. The molecule has 0 aliphatic heterocycles. The maximum Gasteiger partial charge on any atom is 0.161 e. The molecule has 10 nitrogen and oxygen atoms in total. The third-order valence-corrected chi connectivity index (χ3v) is 8.92. The lowest BCUT2D eigenvalue weighted by atomic mass is 10.1. The molecule has 47 heavy (non-hydrogen) atoms. The van der Waals surface area contributed by atoms with Crippen molar-refractivity contribution in [3.8, 4) is 45.3 Å². The largest absolute Gasteiger partial charge is 0.493 e. The Morgan fingerprint density at radius 3 is 1.66 bits per heavy atom. The number of hydrogen-bond acceptors (Lipinski definition) is 10. The molecule has 2 aromatic heterocycles. The number of hydrogen-bond donors (Lipinski definition) is 2. The fourth-order valence-corrected chi connectivity index (χ4v) is 6.53. The van der Waals surface area contributed by atoms with E-state index in [-0.39, 0.29) is 0 Å². The van der Waals surface area contributed by atoms with E-state index in [0.29, 0.717) is 40.3 Å². The smallest absolute Gasteiger partial charge is 0.161 e. The molecule has 11 heteroatoms. The minimum atomic E-state index is 0.439. The highest BCUT2D eigenvalue weighted by Crippen LogP contribution is 2.39. The quantitative estimate of drug-likeness (QED) is 0.161. The van der Waals surface area contributed by atoms with Gasteiger partial charge in [0.1, 0.15) is 28.4 Å². The average Bonchev–Trinajstić information content (AvgIpc) is 3.79. The van der Waals surface area contributed by atoms with Crippen molar-refractivity contribution in [3.63, 3.8) is 0 Å². The molecule has 0 unspecified atom stereocenters. The molecule has 6 rings (SSSR count). The minimum absolute atomic E-state index is 0.439. The van der Waals surface area contributed by atoms with Crippen molar-refractivity contribution in [2.24, 2.45) is 0 Å². The van der Waals surface area contributed by atoms with Crippen LogP contribution in [0.1, 0.15) is 63.0 Å². The lowest BCUT2D eigenvalue weighted by Crippen LogP contribution is -2.17. The van der Waals surface area contributed by atoms with Gasteiger partial charge in [-0.15, -0.1) is 0 Å². The number of anilines is 2. The van der Waals surface area contributed by atoms with E-state index in [1.54, 1.807) is 28.4 Å². The van der Waals surface area contributed by atoms with Crippen molar-refractivity contribution >= 4 is 23.2 Å². The number of halogens is 1. The third kappa shape index (κ3) is 8.35. The van der Waals surface area contributed by atoms with E-state index in [9.17, 15) is 0 Å². The molecule has 2 aromatic carbocycles. The lowest BCUT2D eigenvalue weighted by molar-refractivity contribution is 0.355. The van der Waals surface area contributed by atoms with E-state index in [2.05, 4.69) is 30.6 Å². The van der Waals surface area contributed by atoms with Gasteiger partial charge in [0.15, 0.2) is 23.0 Å². The average molecular weight is 661 g/mol. The highest BCUT2D eigenvalue weighted by molar-refractivity contribution is 6.32. The van der Waals surface area contributed by atoms with Crippen LogP contribution in [0.4, 0.5) is 11.6 Å². The van der Waals surface area contributed by atoms with Crippen LogP contribution in [0.25, 0.3) is 22.3 Å². The van der Waals surface area contributed by atoms with Gasteiger partial charge in [-0.3, -0.25) is 0 Å². The van der Waals surface area contributed by atoms with Crippen LogP contribution in [0.3, 0.4) is 0 Å². The Labute approximate surface area is 282 Å². The fraction of sp³-hybridized carbons (Fsp3) is 0.444. The first-order valence-corrected chi connectivity index (χ1v) is 16.6. The van der Waals surface area contributed by atoms with E-state index in [4.69, 9.17) is 30.5 Å². The summed E-state index contributed by atoms with van der Waals surface area (Å²) in [5.74, 6) is 5.86. The molecule has 4 aromatic rings. The molecule has 2 saturated carbocycles. The first-order valence-electron chi connectivity index (χ1n) is 16.2. The standard InChI is InChI=1S/C18H22ClN3O2.C18H23N3O2/c1-11-20-17(19)16(18(21-11)22-13-6-4-5-7-13)12-8-9-14(23-2)15(10-12)24-3;1-12-19-11-15(18(20-12)21-14-6-4-5-7-14)13-8-9-16(22-2)17(10-13)23-3/h8-10,13H,4-7H2,1-3H3,(H,20,21,22);8-11,14H,4-7H2,1-3H3,(H,19,20,21). The van der Waals surface area contributed by atoms with Crippen LogP contribution in [0.2, 0.25) is 5.15 Å². The molecule has 0 radical (unpaired) electrons. The third-order valence-electron chi connectivity index (χ3n) is 8.64. The molecule has 2 aliphatic carbocycles. The van der Waals surface area contributed by atoms with Crippen LogP contribution >= 0.6 is 11.6 Å². The second kappa shape index (κ2) is 16.0. The summed E-state index contributed by atoms with van der Waals surface area (Å²) in [6, 6.07) is 12.5. The van der Waals surface area contributed by atoms with Crippen LogP contribution in [0, 0.1) is 13.8 Å². The van der Waals surface area contributed by atoms with Gasteiger partial charge in [-0.05, 0) is 74.9 Å². The first-order chi connectivity index (χ1) is 22.8. The SMILES string of the molecule is COc1ccc(-c2c(Cl)nc(C)nc2NC2CCCC2)cc1OC.COc1ccc(-c2cnc(C)nc2NC2CCCC2)cc1OC. The molecule has 2 aliphatic rings. The summed E-state index contributed by atoms with van der Waals surface area (Å²) in [6.45, 7) is 3.77. The van der Waals surface area contributed by atoms with Crippen molar-refractivity contribution in [1.29, 1.82) is 0 Å². The first kappa shape index (κ1) is 34.0. The van der Waals surface area contributed by atoms with Crippen LogP contribution in [0.5, 0.6) is 23.0 Å². The van der Waals surface area contributed by atoms with E-state index in [1.807, 2.05) is 56.4 Å². The second-order valence-corrected chi connectivity index (χ2v) is 12.2. The van der Waals surface area contributed by atoms with Gasteiger partial charge in [0.2, 0.25) is 0 Å². The van der Waals surface area contributed by atoms with Crippen LogP contribution < -0.4 is 29.6 Å². The maximum absolute atomic E-state index is 6.46. The van der Waals surface area contributed by atoms with E-state index in [1.165, 1.54) is 38.5 Å². The van der Waals surface area contributed by atoms with Gasteiger partial charge in [0.05, 0.1) is 34.0 Å². The Bertz CT molecular complexity index is 1660. The van der Waals surface area contributed by atoms with Gasteiger partial charge in [-0.25, -0.2) is 19.9 Å². The predicted octanol–water partition coefficient (Wildman–Crippen LogP) is 8.30. The molecule has 250 valence electrons. The Morgan fingerprint density at radius 2 is 1.11 bits per heavy atom. The topological polar surface area (TPSA) is 113 Å². The normalized spacial score (nSPS) is 14.7. The van der Waals surface area contributed by atoms with Crippen molar-refractivity contribution < 1.29 is 18.9 Å². The zero-order chi connectivity index (χ0) is 33.3. The summed E-state index contributed by atoms with van der Waals surface area (Å²) < 4.78 is 21.4. The molecule has 0 saturated heterocycles. The Balaban J connectivity index is 0.000000185. The molecule has 2 heterocycles. The number of ether oxygens (including phenoxy) is 4. The number of benzene rings is 2. The Kier molecular flexibility index (Phi) is 11.6. The zero-order valence-corrected chi connectivity index (χ0v) is 28.9. The van der Waals surface area contributed by atoms with Gasteiger partial charge in [-0.1, -0.05) is 49.4 Å². The predicted molar refractivity (Wildman–Crippen MR) is 187 cm³/mol. The van der Waals surface area contributed by atoms with Gasteiger partial charge in [0.25, 0.3) is 0 Å². The van der Waals surface area contributed by atoms with Crippen molar-refractivity contribution in [3.05, 3.63) is 59.4 Å². The Hall–Kier alpha value is -4.31. The van der Waals surface area contributed by atoms with Gasteiger partial charge >= 0.3 is 0 Å². The van der Waals surface area contributed by atoms with Crippen molar-refractivity contribution in [2.75, 3.05) is 39.1 Å². The summed E-state index contributed by atoms with van der Waals surface area (Å²) in [7, 11) is 6.52. The van der Waals surface area contributed by atoms with Gasteiger partial charge in [0, 0.05) is 23.8 Å². The van der Waals surface area contributed by atoms with Gasteiger partial charge in [-0.2, -0.15) is 0 Å². The molecule has 0 atom stereocenters. The molecular formula is C36H45ClN6O4. The molecular weight excluding hydrogens is 616 g/mol. The maximum atomic E-state index is 6.46. The molecule has 2 fully saturated rings. The number of rotatable bonds is 10. The summed E-state index contributed by atoms with van der Waals surface area (Å²) in [4.78, 5) is 17.9. The van der Waals surface area contributed by atoms with Crippen LogP contribution in [-0.2, 0) is 0 Å². The number of nitrogens with zero attached hydrogens (tertiary/aromatic N) is 4. The van der Waals surface area contributed by atoms with Crippen LogP contribution in [-0.4, -0.2) is 60.5 Å². The summed E-state index contributed by atoms with van der Waals surface area (Å²) in [5, 5.41) is 7.58. The minimum Gasteiger partial charge on any atom is -0.493 e. The molecule has 0 amide bonds. The van der Waals surface area contributed by atoms with Gasteiger partial charge < -0.3 is 29.6 Å². The van der Waals surface area contributed by atoms with E-state index in [0.717, 1.165) is 58.3 Å². The van der Waals surface area contributed by atoms with E-state index < -0.39 is 0 Å². The molecule has 2 N–H and O–H groups in total. The lowest BCUT2D eigenvalue weighted by Gasteiger charge is -2.18. The summed E-state index contributed by atoms with van der Waals surface area (Å²) in [5.41, 5.74) is 3.71. The number of methoxy groups -OCH3 is 4. The van der Waals surface area contributed by atoms with Crippen LogP contribution in [0.15, 0.2) is 42.6 Å². The Morgan fingerprint density at radius 1 is 0.617 bits per heavy atom. The second-order valence-electron chi connectivity index (χ2n) is 11.9. The van der Waals surface area contributed by atoms with E-state index >= 15 is 0 Å². The number of aryl methyl sites for hydroxylation is 2. The summed E-state index contributed by atoms with van der Waals surface area (Å²) >= 11 is 6.46. The number of nitrogens with one attached hydrogen (secondary N) is 2. The molecule has 0 bridgehead atoms. The molecule has 0 spiro atoms. The zero-order valence-electron chi connectivity index (χ0n) is 28.2.